The van der Waals surface area contributed by atoms with Crippen LogP contribution >= 0.6 is 15.9 Å². The molecule has 0 atom stereocenters. The number of hydrogen-bond donors (Lipinski definition) is 1. The first-order valence-corrected chi connectivity index (χ1v) is 6.80. The second kappa shape index (κ2) is 6.58. The standard InChI is InChI=1S/C15H12BrFO4/c1-20-11-3-5-13(9(6-11)7-15(18)19)21-14-4-2-10(16)8-12(14)17/h2-6,8H,7H2,1H3,(H,18,19). The van der Waals surface area contributed by atoms with Crippen LogP contribution in [0.5, 0.6) is 17.2 Å². The molecule has 0 saturated carbocycles. The van der Waals surface area contributed by atoms with Gasteiger partial charge in [-0.15, -0.1) is 0 Å². The van der Waals surface area contributed by atoms with Crippen LogP contribution < -0.4 is 9.47 Å². The van der Waals surface area contributed by atoms with Gasteiger partial charge in [0.05, 0.1) is 13.5 Å². The first kappa shape index (κ1) is 15.3. The predicted octanol–water partition coefficient (Wildman–Crippen LogP) is 4.02. The number of hydrogen-bond acceptors (Lipinski definition) is 3. The molecule has 1 N–H and O–H groups in total. The summed E-state index contributed by atoms with van der Waals surface area (Å²) in [6.45, 7) is 0. The molecule has 0 saturated heterocycles. The molecule has 110 valence electrons. The minimum Gasteiger partial charge on any atom is -0.497 e. The van der Waals surface area contributed by atoms with Gasteiger partial charge >= 0.3 is 5.97 Å². The summed E-state index contributed by atoms with van der Waals surface area (Å²) in [4.78, 5) is 10.9. The highest BCUT2D eigenvalue weighted by molar-refractivity contribution is 9.10. The van der Waals surface area contributed by atoms with Crippen LogP contribution in [0.1, 0.15) is 5.56 Å². The molecular weight excluding hydrogens is 343 g/mol. The predicted molar refractivity (Wildman–Crippen MR) is 78.5 cm³/mol. The summed E-state index contributed by atoms with van der Waals surface area (Å²) in [5.74, 6) is -0.741. The fourth-order valence-electron chi connectivity index (χ4n) is 1.76. The van der Waals surface area contributed by atoms with E-state index < -0.39 is 11.8 Å². The van der Waals surface area contributed by atoms with Crippen LogP contribution in [0.2, 0.25) is 0 Å². The van der Waals surface area contributed by atoms with E-state index in [1.807, 2.05) is 0 Å². The first-order chi connectivity index (χ1) is 9.99. The maximum absolute atomic E-state index is 13.8. The maximum atomic E-state index is 13.8. The zero-order valence-electron chi connectivity index (χ0n) is 11.1. The average molecular weight is 355 g/mol. The van der Waals surface area contributed by atoms with Gasteiger partial charge in [0.1, 0.15) is 11.5 Å². The summed E-state index contributed by atoms with van der Waals surface area (Å²) in [6.07, 6.45) is -0.245. The Labute approximate surface area is 129 Å². The number of rotatable bonds is 5. The van der Waals surface area contributed by atoms with Gasteiger partial charge in [-0.1, -0.05) is 15.9 Å². The lowest BCUT2D eigenvalue weighted by Gasteiger charge is -2.12. The average Bonchev–Trinajstić information content (AvgIpc) is 2.43. The van der Waals surface area contributed by atoms with Crippen molar-refractivity contribution in [2.75, 3.05) is 7.11 Å². The smallest absolute Gasteiger partial charge is 0.307 e. The number of ether oxygens (including phenoxy) is 2. The van der Waals surface area contributed by atoms with Crippen LogP contribution in [-0.2, 0) is 11.2 Å². The van der Waals surface area contributed by atoms with Crippen molar-refractivity contribution in [1.82, 2.24) is 0 Å². The molecule has 0 amide bonds. The summed E-state index contributed by atoms with van der Waals surface area (Å²) >= 11 is 3.16. The van der Waals surface area contributed by atoms with Crippen LogP contribution in [0, 0.1) is 5.82 Å². The van der Waals surface area contributed by atoms with E-state index >= 15 is 0 Å². The third-order valence-corrected chi connectivity index (χ3v) is 3.22. The van der Waals surface area contributed by atoms with Crippen LogP contribution in [-0.4, -0.2) is 18.2 Å². The van der Waals surface area contributed by atoms with Gasteiger partial charge in [0.25, 0.3) is 0 Å². The fraction of sp³-hybridized carbons (Fsp3) is 0.133. The molecule has 0 fully saturated rings. The Morgan fingerprint density at radius 2 is 1.95 bits per heavy atom. The molecule has 4 nitrogen and oxygen atoms in total. The number of carbonyl (C=O) groups is 1. The van der Waals surface area contributed by atoms with Crippen molar-refractivity contribution < 1.29 is 23.8 Å². The second-order valence-corrected chi connectivity index (χ2v) is 5.14. The van der Waals surface area contributed by atoms with E-state index in [2.05, 4.69) is 15.9 Å². The van der Waals surface area contributed by atoms with Crippen molar-refractivity contribution in [1.29, 1.82) is 0 Å². The molecular formula is C15H12BrFO4. The molecule has 2 aromatic rings. The number of carboxylic acids is 1. The number of aliphatic carboxylic acids is 1. The van der Waals surface area contributed by atoms with E-state index in [0.717, 1.165) is 0 Å². The maximum Gasteiger partial charge on any atom is 0.307 e. The summed E-state index contributed by atoms with van der Waals surface area (Å²) < 4.78 is 24.9. The highest BCUT2D eigenvalue weighted by Gasteiger charge is 2.13. The third kappa shape index (κ3) is 3.95. The molecule has 0 spiro atoms. The Bertz CT molecular complexity index is 673. The van der Waals surface area contributed by atoms with Gasteiger partial charge in [-0.25, -0.2) is 4.39 Å². The highest BCUT2D eigenvalue weighted by atomic mass is 79.9. The summed E-state index contributed by atoms with van der Waals surface area (Å²) in [6, 6.07) is 9.11. The topological polar surface area (TPSA) is 55.8 Å². The largest absolute Gasteiger partial charge is 0.497 e. The van der Waals surface area contributed by atoms with E-state index in [-0.39, 0.29) is 17.9 Å². The van der Waals surface area contributed by atoms with Gasteiger partial charge in [0, 0.05) is 10.0 Å². The molecule has 0 radical (unpaired) electrons. The fourth-order valence-corrected chi connectivity index (χ4v) is 2.09. The first-order valence-electron chi connectivity index (χ1n) is 6.01. The molecule has 0 bridgehead atoms. The molecule has 2 rings (SSSR count). The lowest BCUT2D eigenvalue weighted by molar-refractivity contribution is -0.136. The Kier molecular flexibility index (Phi) is 4.80. The SMILES string of the molecule is COc1ccc(Oc2ccc(Br)cc2F)c(CC(=O)O)c1. The van der Waals surface area contributed by atoms with Crippen LogP contribution in [0.3, 0.4) is 0 Å². The quantitative estimate of drug-likeness (QED) is 0.880. The van der Waals surface area contributed by atoms with Gasteiger partial charge in [0.15, 0.2) is 11.6 Å². The number of benzene rings is 2. The molecule has 0 unspecified atom stereocenters. The van der Waals surface area contributed by atoms with Gasteiger partial charge in [-0.2, -0.15) is 0 Å². The minimum atomic E-state index is -1.01. The molecule has 0 aromatic heterocycles. The van der Waals surface area contributed by atoms with E-state index in [0.29, 0.717) is 15.8 Å². The van der Waals surface area contributed by atoms with E-state index in [1.54, 1.807) is 24.3 Å². The van der Waals surface area contributed by atoms with Crippen LogP contribution in [0.25, 0.3) is 0 Å². The van der Waals surface area contributed by atoms with Crippen molar-refractivity contribution in [3.63, 3.8) is 0 Å². The lowest BCUT2D eigenvalue weighted by atomic mass is 10.1. The monoisotopic (exact) mass is 354 g/mol. The Balaban J connectivity index is 2.35. The molecule has 0 aliphatic rings. The zero-order valence-corrected chi connectivity index (χ0v) is 12.7. The summed E-state index contributed by atoms with van der Waals surface area (Å²) in [5.41, 5.74) is 0.407. The Morgan fingerprint density at radius 1 is 1.24 bits per heavy atom. The van der Waals surface area contributed by atoms with Crippen molar-refractivity contribution in [3.8, 4) is 17.2 Å². The molecule has 6 heteroatoms. The van der Waals surface area contributed by atoms with Gasteiger partial charge in [0.2, 0.25) is 0 Å². The minimum absolute atomic E-state index is 0.0232. The van der Waals surface area contributed by atoms with Gasteiger partial charge < -0.3 is 14.6 Å². The van der Waals surface area contributed by atoms with Crippen molar-refractivity contribution in [2.24, 2.45) is 0 Å². The van der Waals surface area contributed by atoms with Crippen LogP contribution in [0.15, 0.2) is 40.9 Å². The molecule has 21 heavy (non-hydrogen) atoms. The summed E-state index contributed by atoms with van der Waals surface area (Å²) in [7, 11) is 1.48. The number of halogens is 2. The molecule has 2 aromatic carbocycles. The normalized spacial score (nSPS) is 10.2. The van der Waals surface area contributed by atoms with Crippen LogP contribution in [0.4, 0.5) is 4.39 Å². The van der Waals surface area contributed by atoms with Crippen molar-refractivity contribution in [2.45, 2.75) is 6.42 Å². The lowest BCUT2D eigenvalue weighted by Crippen LogP contribution is -2.03. The molecule has 0 heterocycles. The zero-order chi connectivity index (χ0) is 15.4. The Morgan fingerprint density at radius 3 is 2.57 bits per heavy atom. The highest BCUT2D eigenvalue weighted by Crippen LogP contribution is 2.31. The van der Waals surface area contributed by atoms with E-state index in [9.17, 15) is 9.18 Å². The van der Waals surface area contributed by atoms with E-state index in [1.165, 1.54) is 19.2 Å². The van der Waals surface area contributed by atoms with E-state index in [4.69, 9.17) is 14.6 Å². The van der Waals surface area contributed by atoms with Crippen molar-refractivity contribution in [3.05, 3.63) is 52.3 Å². The van der Waals surface area contributed by atoms with Crippen molar-refractivity contribution >= 4 is 21.9 Å². The number of carboxylic acid groups (broad SMARTS) is 1. The Hall–Kier alpha value is -2.08. The number of methoxy groups -OCH3 is 1. The molecule has 0 aliphatic heterocycles. The summed E-state index contributed by atoms with van der Waals surface area (Å²) in [5, 5.41) is 8.94. The van der Waals surface area contributed by atoms with Gasteiger partial charge in [-0.3, -0.25) is 4.79 Å². The van der Waals surface area contributed by atoms with Gasteiger partial charge in [-0.05, 0) is 36.4 Å². The second-order valence-electron chi connectivity index (χ2n) is 4.22. The third-order valence-electron chi connectivity index (χ3n) is 2.72. The molecule has 0 aliphatic carbocycles.